The molecular formula is C15H16F3N3. The lowest BCUT2D eigenvalue weighted by molar-refractivity contribution is -0.176. The van der Waals surface area contributed by atoms with Crippen molar-refractivity contribution in [2.45, 2.75) is 38.3 Å². The van der Waals surface area contributed by atoms with Crippen LogP contribution < -0.4 is 4.90 Å². The molecule has 112 valence electrons. The van der Waals surface area contributed by atoms with E-state index in [-0.39, 0.29) is 13.0 Å². The molecule has 0 N–H and O–H groups in total. The highest BCUT2D eigenvalue weighted by molar-refractivity contribution is 5.57. The summed E-state index contributed by atoms with van der Waals surface area (Å²) in [7, 11) is 0. The highest BCUT2D eigenvalue weighted by Gasteiger charge is 2.42. The van der Waals surface area contributed by atoms with E-state index in [0.29, 0.717) is 24.3 Å². The van der Waals surface area contributed by atoms with Crippen molar-refractivity contribution in [1.29, 1.82) is 5.26 Å². The van der Waals surface area contributed by atoms with E-state index in [1.165, 1.54) is 0 Å². The summed E-state index contributed by atoms with van der Waals surface area (Å²) in [5.74, 6) is -0.889. The highest BCUT2D eigenvalue weighted by atomic mass is 19.4. The number of aryl methyl sites for hydroxylation is 2. The molecule has 1 aromatic rings. The Kier molecular flexibility index (Phi) is 3.52. The quantitative estimate of drug-likeness (QED) is 0.798. The average molecular weight is 295 g/mol. The number of piperidine rings is 1. The normalized spacial score (nSPS) is 22.0. The third-order valence-electron chi connectivity index (χ3n) is 4.33. The Labute approximate surface area is 121 Å². The first-order valence-corrected chi connectivity index (χ1v) is 7.23. The number of pyridine rings is 1. The molecule has 2 aliphatic rings. The van der Waals surface area contributed by atoms with E-state index in [2.05, 4.69) is 11.1 Å². The molecule has 0 saturated carbocycles. The van der Waals surface area contributed by atoms with Crippen molar-refractivity contribution in [3.63, 3.8) is 0 Å². The highest BCUT2D eigenvalue weighted by Crippen LogP contribution is 2.36. The van der Waals surface area contributed by atoms with Gasteiger partial charge in [-0.15, -0.1) is 0 Å². The van der Waals surface area contributed by atoms with Crippen LogP contribution in [0.15, 0.2) is 6.07 Å². The van der Waals surface area contributed by atoms with Crippen molar-refractivity contribution in [1.82, 2.24) is 4.98 Å². The van der Waals surface area contributed by atoms with Gasteiger partial charge in [0.1, 0.15) is 11.9 Å². The fraction of sp³-hybridized carbons (Fsp3) is 0.600. The van der Waals surface area contributed by atoms with Crippen LogP contribution in [-0.4, -0.2) is 24.2 Å². The molecule has 0 spiro atoms. The molecule has 0 amide bonds. The zero-order chi connectivity index (χ0) is 15.0. The van der Waals surface area contributed by atoms with Crippen molar-refractivity contribution < 1.29 is 13.2 Å². The Morgan fingerprint density at radius 3 is 2.81 bits per heavy atom. The molecule has 1 saturated heterocycles. The van der Waals surface area contributed by atoms with Gasteiger partial charge >= 0.3 is 6.18 Å². The first-order chi connectivity index (χ1) is 9.99. The predicted molar refractivity (Wildman–Crippen MR) is 72.0 cm³/mol. The largest absolute Gasteiger partial charge is 0.393 e. The van der Waals surface area contributed by atoms with E-state index in [9.17, 15) is 18.4 Å². The SMILES string of the molecule is N#Cc1cc2c(nc1N1CCCC(C(F)(F)F)C1)CCC2. The van der Waals surface area contributed by atoms with Crippen molar-refractivity contribution in [3.8, 4) is 6.07 Å². The molecule has 1 aliphatic heterocycles. The maximum Gasteiger partial charge on any atom is 0.393 e. The molecule has 3 rings (SSSR count). The standard InChI is InChI=1S/C15H16F3N3/c16-15(17,18)12-4-2-6-21(9-12)14-11(8-19)7-10-3-1-5-13(10)20-14/h7,12H,1-6,9H2. The maximum absolute atomic E-state index is 12.9. The third-order valence-corrected chi connectivity index (χ3v) is 4.33. The summed E-state index contributed by atoms with van der Waals surface area (Å²) >= 11 is 0. The molecule has 0 bridgehead atoms. The number of nitrogens with zero attached hydrogens (tertiary/aromatic N) is 3. The second-order valence-corrected chi connectivity index (χ2v) is 5.76. The van der Waals surface area contributed by atoms with Crippen molar-refractivity contribution >= 4 is 5.82 Å². The van der Waals surface area contributed by atoms with Gasteiger partial charge in [-0.05, 0) is 43.7 Å². The van der Waals surface area contributed by atoms with E-state index in [4.69, 9.17) is 0 Å². The molecule has 0 radical (unpaired) electrons. The second-order valence-electron chi connectivity index (χ2n) is 5.76. The summed E-state index contributed by atoms with van der Waals surface area (Å²) < 4.78 is 38.8. The van der Waals surface area contributed by atoms with Gasteiger partial charge in [-0.3, -0.25) is 0 Å². The van der Waals surface area contributed by atoms with Crippen molar-refractivity contribution in [2.24, 2.45) is 5.92 Å². The Morgan fingerprint density at radius 2 is 2.10 bits per heavy atom. The van der Waals surface area contributed by atoms with Crippen LogP contribution in [0, 0.1) is 17.2 Å². The Balaban J connectivity index is 1.91. The number of fused-ring (bicyclic) bond motifs is 1. The van der Waals surface area contributed by atoms with Crippen LogP contribution in [0.3, 0.4) is 0 Å². The molecule has 2 heterocycles. The number of halogens is 3. The van der Waals surface area contributed by atoms with Crippen LogP contribution >= 0.6 is 0 Å². The van der Waals surface area contributed by atoms with Crippen LogP contribution in [0.2, 0.25) is 0 Å². The molecule has 21 heavy (non-hydrogen) atoms. The minimum Gasteiger partial charge on any atom is -0.355 e. The maximum atomic E-state index is 12.9. The van der Waals surface area contributed by atoms with E-state index >= 15 is 0 Å². The monoisotopic (exact) mass is 295 g/mol. The Morgan fingerprint density at radius 1 is 1.29 bits per heavy atom. The molecule has 6 heteroatoms. The number of alkyl halides is 3. The van der Waals surface area contributed by atoms with Gasteiger partial charge in [0.2, 0.25) is 0 Å². The third kappa shape index (κ3) is 2.69. The lowest BCUT2D eigenvalue weighted by Crippen LogP contribution is -2.42. The minimum absolute atomic E-state index is 0.0933. The van der Waals surface area contributed by atoms with Gasteiger partial charge in [0.25, 0.3) is 0 Å². The fourth-order valence-corrected chi connectivity index (χ4v) is 3.22. The molecule has 1 aliphatic carbocycles. The van der Waals surface area contributed by atoms with Crippen LogP contribution in [-0.2, 0) is 12.8 Å². The fourth-order valence-electron chi connectivity index (χ4n) is 3.22. The number of hydrogen-bond donors (Lipinski definition) is 0. The summed E-state index contributed by atoms with van der Waals surface area (Å²) in [5.41, 5.74) is 2.41. The number of aromatic nitrogens is 1. The van der Waals surface area contributed by atoms with Crippen LogP contribution in [0.4, 0.5) is 19.0 Å². The molecule has 1 unspecified atom stereocenters. The van der Waals surface area contributed by atoms with Gasteiger partial charge in [-0.25, -0.2) is 4.98 Å². The van der Waals surface area contributed by atoms with Gasteiger partial charge in [-0.1, -0.05) is 0 Å². The number of rotatable bonds is 1. The molecule has 1 fully saturated rings. The number of nitriles is 1. The summed E-state index contributed by atoms with van der Waals surface area (Å²) in [5, 5.41) is 9.27. The summed E-state index contributed by atoms with van der Waals surface area (Å²) in [6.45, 7) is 0.441. The number of hydrogen-bond acceptors (Lipinski definition) is 3. The van der Waals surface area contributed by atoms with E-state index in [1.54, 1.807) is 4.90 Å². The Hall–Kier alpha value is -1.77. The zero-order valence-electron chi connectivity index (χ0n) is 11.6. The molecule has 1 atom stereocenters. The summed E-state index contributed by atoms with van der Waals surface area (Å²) in [4.78, 5) is 6.14. The van der Waals surface area contributed by atoms with Crippen LogP contribution in [0.1, 0.15) is 36.1 Å². The second kappa shape index (κ2) is 5.21. The van der Waals surface area contributed by atoms with Gasteiger partial charge in [0.15, 0.2) is 0 Å². The van der Waals surface area contributed by atoms with E-state index < -0.39 is 12.1 Å². The molecule has 3 nitrogen and oxygen atoms in total. The molecule has 1 aromatic heterocycles. The van der Waals surface area contributed by atoms with E-state index in [0.717, 1.165) is 30.5 Å². The lowest BCUT2D eigenvalue weighted by atomic mass is 9.97. The molecular weight excluding hydrogens is 279 g/mol. The minimum atomic E-state index is -4.18. The smallest absolute Gasteiger partial charge is 0.355 e. The van der Waals surface area contributed by atoms with Gasteiger partial charge < -0.3 is 4.90 Å². The number of anilines is 1. The average Bonchev–Trinajstić information content (AvgIpc) is 2.92. The van der Waals surface area contributed by atoms with Gasteiger partial charge in [0, 0.05) is 18.8 Å². The lowest BCUT2D eigenvalue weighted by Gasteiger charge is -2.35. The summed E-state index contributed by atoms with van der Waals surface area (Å²) in [6.07, 6.45) is -0.780. The first-order valence-electron chi connectivity index (χ1n) is 7.23. The Bertz CT molecular complexity index is 589. The predicted octanol–water partition coefficient (Wildman–Crippen LogP) is 3.22. The summed E-state index contributed by atoms with van der Waals surface area (Å²) in [6, 6.07) is 3.90. The van der Waals surface area contributed by atoms with Gasteiger partial charge in [-0.2, -0.15) is 18.4 Å². The van der Waals surface area contributed by atoms with Crippen LogP contribution in [0.5, 0.6) is 0 Å². The van der Waals surface area contributed by atoms with E-state index in [1.807, 2.05) is 6.07 Å². The van der Waals surface area contributed by atoms with Crippen LogP contribution in [0.25, 0.3) is 0 Å². The van der Waals surface area contributed by atoms with Crippen molar-refractivity contribution in [2.75, 3.05) is 18.0 Å². The topological polar surface area (TPSA) is 39.9 Å². The zero-order valence-corrected chi connectivity index (χ0v) is 11.6. The first kappa shape index (κ1) is 14.2. The van der Waals surface area contributed by atoms with Gasteiger partial charge in [0.05, 0.1) is 11.5 Å². The molecule has 0 aromatic carbocycles. The van der Waals surface area contributed by atoms with Crippen molar-refractivity contribution in [3.05, 3.63) is 22.9 Å².